The number of carboxylic acids is 1. The van der Waals surface area contributed by atoms with Crippen LogP contribution in [-0.2, 0) is 17.8 Å². The molecule has 0 unspecified atom stereocenters. The van der Waals surface area contributed by atoms with Crippen molar-refractivity contribution in [3.05, 3.63) is 117 Å². The molecule has 2 heterocycles. The second kappa shape index (κ2) is 8.71. The SMILES string of the molecule is O=C(O)c1ccc(Cc2cc3cc(C(=O)OCc4ccc5occc5c4)ccc3[nH]c2=O)cc1. The average Bonchev–Trinajstić information content (AvgIpc) is 3.31. The van der Waals surface area contributed by atoms with E-state index in [1.165, 1.54) is 12.1 Å². The number of aromatic amines is 1. The Kier molecular flexibility index (Phi) is 5.43. The van der Waals surface area contributed by atoms with Crippen LogP contribution in [0.4, 0.5) is 0 Å². The Bertz CT molecular complexity index is 1590. The molecule has 0 saturated heterocycles. The van der Waals surface area contributed by atoms with Crippen LogP contribution in [-0.4, -0.2) is 22.0 Å². The van der Waals surface area contributed by atoms with Gasteiger partial charge in [0.2, 0.25) is 0 Å². The molecule has 2 N–H and O–H groups in total. The van der Waals surface area contributed by atoms with Gasteiger partial charge in [0.15, 0.2) is 0 Å². The Labute approximate surface area is 193 Å². The van der Waals surface area contributed by atoms with E-state index >= 15 is 0 Å². The van der Waals surface area contributed by atoms with Gasteiger partial charge in [0.05, 0.1) is 17.4 Å². The highest BCUT2D eigenvalue weighted by molar-refractivity contribution is 5.94. The number of rotatable bonds is 6. The topological polar surface area (TPSA) is 110 Å². The first-order valence-electron chi connectivity index (χ1n) is 10.6. The van der Waals surface area contributed by atoms with Gasteiger partial charge in [0, 0.05) is 22.9 Å². The highest BCUT2D eigenvalue weighted by Crippen LogP contribution is 2.19. The van der Waals surface area contributed by atoms with E-state index in [9.17, 15) is 14.4 Å². The third-order valence-electron chi connectivity index (χ3n) is 5.64. The number of fused-ring (bicyclic) bond motifs is 2. The van der Waals surface area contributed by atoms with Crippen molar-refractivity contribution in [1.29, 1.82) is 0 Å². The summed E-state index contributed by atoms with van der Waals surface area (Å²) in [5.74, 6) is -1.47. The molecule has 7 nitrogen and oxygen atoms in total. The molecular weight excluding hydrogens is 434 g/mol. The number of carbonyl (C=O) groups is 2. The number of pyridine rings is 1. The number of aromatic nitrogens is 1. The van der Waals surface area contributed by atoms with Crippen LogP contribution in [0.25, 0.3) is 21.9 Å². The molecule has 0 spiro atoms. The highest BCUT2D eigenvalue weighted by Gasteiger charge is 2.11. The Balaban J connectivity index is 1.35. The molecule has 0 amide bonds. The number of aromatic carboxylic acids is 1. The third-order valence-corrected chi connectivity index (χ3v) is 5.64. The first kappa shape index (κ1) is 21.2. The van der Waals surface area contributed by atoms with Gasteiger partial charge in [-0.1, -0.05) is 18.2 Å². The second-order valence-corrected chi connectivity index (χ2v) is 7.97. The Hall–Kier alpha value is -4.65. The molecule has 0 bridgehead atoms. The fraction of sp³-hybridized carbons (Fsp3) is 0.0741. The molecule has 5 aromatic rings. The van der Waals surface area contributed by atoms with Crippen molar-refractivity contribution < 1.29 is 23.8 Å². The standard InChI is InChI=1S/C27H19NO6/c29-25-22(11-16-1-4-18(5-2-16)26(30)31)14-21-13-20(6-7-23(21)28-25)27(32)34-15-17-3-8-24-19(12-17)9-10-33-24/h1-10,12-14H,11,15H2,(H,28,29)(H,30,31). The molecule has 168 valence electrons. The number of benzene rings is 3. The minimum atomic E-state index is -1.00. The maximum atomic E-state index is 12.6. The van der Waals surface area contributed by atoms with Crippen molar-refractivity contribution in [2.45, 2.75) is 13.0 Å². The zero-order valence-corrected chi connectivity index (χ0v) is 17.9. The number of ether oxygens (including phenoxy) is 1. The summed E-state index contributed by atoms with van der Waals surface area (Å²) in [6, 6.07) is 20.5. The molecule has 0 aliphatic heterocycles. The number of hydrogen-bond acceptors (Lipinski definition) is 5. The van der Waals surface area contributed by atoms with E-state index in [0.717, 1.165) is 22.1 Å². The zero-order chi connectivity index (χ0) is 23.7. The van der Waals surface area contributed by atoms with Crippen molar-refractivity contribution in [3.8, 4) is 0 Å². The van der Waals surface area contributed by atoms with Gasteiger partial charge in [0.1, 0.15) is 12.2 Å². The van der Waals surface area contributed by atoms with E-state index in [-0.39, 0.29) is 17.7 Å². The van der Waals surface area contributed by atoms with Gasteiger partial charge < -0.3 is 19.2 Å². The predicted molar refractivity (Wildman–Crippen MR) is 126 cm³/mol. The fourth-order valence-electron chi connectivity index (χ4n) is 3.83. The predicted octanol–water partition coefficient (Wildman–Crippen LogP) is 4.92. The minimum Gasteiger partial charge on any atom is -0.478 e. The summed E-state index contributed by atoms with van der Waals surface area (Å²) in [7, 11) is 0. The van der Waals surface area contributed by atoms with Gasteiger partial charge in [-0.2, -0.15) is 0 Å². The molecule has 34 heavy (non-hydrogen) atoms. The Morgan fingerprint density at radius 3 is 2.41 bits per heavy atom. The first-order chi connectivity index (χ1) is 16.5. The summed E-state index contributed by atoms with van der Waals surface area (Å²) in [5, 5.41) is 10.7. The Morgan fingerprint density at radius 2 is 1.62 bits per heavy atom. The average molecular weight is 453 g/mol. The van der Waals surface area contributed by atoms with Crippen molar-refractivity contribution in [2.24, 2.45) is 0 Å². The number of H-pyrrole nitrogens is 1. The molecule has 0 aliphatic carbocycles. The number of carbonyl (C=O) groups excluding carboxylic acids is 1. The van der Waals surface area contributed by atoms with E-state index in [1.54, 1.807) is 42.7 Å². The van der Waals surface area contributed by atoms with E-state index in [2.05, 4.69) is 4.98 Å². The lowest BCUT2D eigenvalue weighted by molar-refractivity contribution is 0.0472. The molecule has 2 aromatic heterocycles. The summed E-state index contributed by atoms with van der Waals surface area (Å²) in [6.45, 7) is 0.126. The van der Waals surface area contributed by atoms with Crippen molar-refractivity contribution >= 4 is 33.8 Å². The molecule has 5 rings (SSSR count). The lowest BCUT2D eigenvalue weighted by Gasteiger charge is -2.08. The van der Waals surface area contributed by atoms with E-state index in [4.69, 9.17) is 14.3 Å². The quantitative estimate of drug-likeness (QED) is 0.353. The zero-order valence-electron chi connectivity index (χ0n) is 17.9. The maximum Gasteiger partial charge on any atom is 0.338 e. The lowest BCUT2D eigenvalue weighted by Crippen LogP contribution is -2.13. The normalized spacial score (nSPS) is 11.1. The van der Waals surface area contributed by atoms with E-state index in [0.29, 0.717) is 28.5 Å². The second-order valence-electron chi connectivity index (χ2n) is 7.97. The largest absolute Gasteiger partial charge is 0.478 e. The van der Waals surface area contributed by atoms with Gasteiger partial charge in [0.25, 0.3) is 5.56 Å². The van der Waals surface area contributed by atoms with Crippen molar-refractivity contribution in [3.63, 3.8) is 0 Å². The number of carboxylic acid groups (broad SMARTS) is 1. The van der Waals surface area contributed by atoms with Crippen molar-refractivity contribution in [2.75, 3.05) is 0 Å². The lowest BCUT2D eigenvalue weighted by atomic mass is 10.0. The van der Waals surface area contributed by atoms with Gasteiger partial charge in [-0.3, -0.25) is 4.79 Å². The smallest absolute Gasteiger partial charge is 0.338 e. The molecule has 3 aromatic carbocycles. The van der Waals surface area contributed by atoms with Gasteiger partial charge >= 0.3 is 11.9 Å². The maximum absolute atomic E-state index is 12.6. The molecule has 0 aliphatic rings. The molecule has 0 radical (unpaired) electrons. The monoisotopic (exact) mass is 453 g/mol. The van der Waals surface area contributed by atoms with Gasteiger partial charge in [-0.25, -0.2) is 9.59 Å². The van der Waals surface area contributed by atoms with Crippen LogP contribution in [0.3, 0.4) is 0 Å². The number of esters is 1. The number of hydrogen-bond donors (Lipinski definition) is 2. The summed E-state index contributed by atoms with van der Waals surface area (Å²) >= 11 is 0. The summed E-state index contributed by atoms with van der Waals surface area (Å²) in [5.41, 5.74) is 3.87. The van der Waals surface area contributed by atoms with Crippen molar-refractivity contribution in [1.82, 2.24) is 4.98 Å². The van der Waals surface area contributed by atoms with Crippen LogP contribution in [0, 0.1) is 0 Å². The molecular formula is C27H19NO6. The van der Waals surface area contributed by atoms with Gasteiger partial charge in [-0.05, 0) is 71.1 Å². The molecule has 0 saturated carbocycles. The highest BCUT2D eigenvalue weighted by atomic mass is 16.5. The summed E-state index contributed by atoms with van der Waals surface area (Å²) in [4.78, 5) is 39.0. The van der Waals surface area contributed by atoms with Crippen LogP contribution >= 0.6 is 0 Å². The van der Waals surface area contributed by atoms with Gasteiger partial charge in [-0.15, -0.1) is 0 Å². The number of nitrogens with one attached hydrogen (secondary N) is 1. The number of furan rings is 1. The van der Waals surface area contributed by atoms with E-state index in [1.807, 2.05) is 24.3 Å². The third kappa shape index (κ3) is 4.31. The van der Waals surface area contributed by atoms with Crippen LogP contribution in [0.15, 0.2) is 88.3 Å². The fourth-order valence-corrected chi connectivity index (χ4v) is 3.83. The minimum absolute atomic E-state index is 0.126. The van der Waals surface area contributed by atoms with Crippen LogP contribution in [0.1, 0.15) is 37.4 Å². The molecule has 0 atom stereocenters. The summed E-state index contributed by atoms with van der Waals surface area (Å²) in [6.07, 6.45) is 1.94. The van der Waals surface area contributed by atoms with Crippen LogP contribution in [0.2, 0.25) is 0 Å². The molecule has 0 fully saturated rings. The summed E-state index contributed by atoms with van der Waals surface area (Å²) < 4.78 is 10.8. The first-order valence-corrected chi connectivity index (χ1v) is 10.6. The Morgan fingerprint density at radius 1 is 0.853 bits per heavy atom. The van der Waals surface area contributed by atoms with Crippen LogP contribution in [0.5, 0.6) is 0 Å². The van der Waals surface area contributed by atoms with E-state index < -0.39 is 11.9 Å². The van der Waals surface area contributed by atoms with Crippen LogP contribution < -0.4 is 5.56 Å². The molecule has 7 heteroatoms.